The van der Waals surface area contributed by atoms with Crippen LogP contribution in [0.2, 0.25) is 0 Å². The lowest BCUT2D eigenvalue weighted by Crippen LogP contribution is -1.75. The molecule has 7 heteroatoms. The molecule has 0 bridgehead atoms. The molecule has 0 N–H and O–H groups in total. The van der Waals surface area contributed by atoms with Crippen molar-refractivity contribution in [3.05, 3.63) is 34.1 Å². The zero-order valence-electron chi connectivity index (χ0n) is 8.29. The quantitative estimate of drug-likeness (QED) is 0.539. The molecule has 0 aliphatic carbocycles. The zero-order chi connectivity index (χ0) is 10.3. The van der Waals surface area contributed by atoms with Crippen LogP contribution in [-0.2, 0) is 0 Å². The van der Waals surface area contributed by atoms with Gasteiger partial charge in [0.1, 0.15) is 11.0 Å². The number of nitrogens with zero attached hydrogens (tertiary/aromatic N) is 2. The van der Waals surface area contributed by atoms with Gasteiger partial charge in [-0.25, -0.2) is 0 Å². The summed E-state index contributed by atoms with van der Waals surface area (Å²) in [5, 5.41) is 0. The lowest BCUT2D eigenvalue weighted by atomic mass is 10.1. The molecular weight excluding hydrogens is 375 g/mol. The van der Waals surface area contributed by atoms with Gasteiger partial charge in [0.15, 0.2) is 0 Å². The summed E-state index contributed by atoms with van der Waals surface area (Å²) in [5.41, 5.74) is 3.14. The smallest absolute Gasteiger partial charge is 0.113 e. The van der Waals surface area contributed by atoms with Crippen molar-refractivity contribution in [2.45, 2.75) is 7.43 Å². The van der Waals surface area contributed by atoms with Crippen LogP contribution in [-0.4, -0.2) is 8.75 Å². The summed E-state index contributed by atoms with van der Waals surface area (Å²) in [6.45, 7) is 0. The van der Waals surface area contributed by atoms with Crippen molar-refractivity contribution < 1.29 is 0 Å². The summed E-state index contributed by atoms with van der Waals surface area (Å²) >= 11 is 6.44. The lowest BCUT2D eigenvalue weighted by Gasteiger charge is -1.96. The maximum atomic E-state index is 4.33. The average Bonchev–Trinajstić information content (AvgIpc) is 2.84. The second kappa shape index (κ2) is 7.40. The van der Waals surface area contributed by atoms with Crippen molar-refractivity contribution in [1.29, 1.82) is 0 Å². The Morgan fingerprint density at radius 3 is 2.44 bits per heavy atom. The third kappa shape index (κ3) is 3.22. The van der Waals surface area contributed by atoms with E-state index in [-0.39, 0.29) is 32.2 Å². The van der Waals surface area contributed by atoms with Crippen molar-refractivity contribution in [2.75, 3.05) is 0 Å². The molecule has 0 unspecified atom stereocenters. The number of halogens is 3. The molecule has 0 saturated heterocycles. The minimum Gasteiger partial charge on any atom is -0.173 e. The van der Waals surface area contributed by atoms with E-state index in [0.29, 0.717) is 0 Å². The van der Waals surface area contributed by atoms with E-state index >= 15 is 0 Å². The standard InChI is InChI=1S/C10H5BrN2S2.CH4.2ClH/c11-9-5-4-8(14-9)6-2-1-3-7-10(6)13-15-12-7;;;/h1-5H;1H4;2*1H. The summed E-state index contributed by atoms with van der Waals surface area (Å²) in [6.07, 6.45) is 0. The van der Waals surface area contributed by atoms with Gasteiger partial charge in [-0.3, -0.25) is 0 Å². The highest BCUT2D eigenvalue weighted by molar-refractivity contribution is 9.11. The zero-order valence-corrected chi connectivity index (χ0v) is 13.1. The van der Waals surface area contributed by atoms with Crippen LogP contribution in [0.15, 0.2) is 34.1 Å². The van der Waals surface area contributed by atoms with E-state index in [9.17, 15) is 0 Å². The fourth-order valence-electron chi connectivity index (χ4n) is 1.46. The maximum absolute atomic E-state index is 4.33. The van der Waals surface area contributed by atoms with E-state index in [4.69, 9.17) is 0 Å². The highest BCUT2D eigenvalue weighted by Gasteiger charge is 2.08. The molecule has 0 spiro atoms. The Balaban J connectivity index is 0.000000963. The number of fused-ring (bicyclic) bond motifs is 1. The molecule has 18 heavy (non-hydrogen) atoms. The highest BCUT2D eigenvalue weighted by Crippen LogP contribution is 2.34. The van der Waals surface area contributed by atoms with Crippen LogP contribution in [0.5, 0.6) is 0 Å². The molecule has 2 heterocycles. The van der Waals surface area contributed by atoms with Crippen LogP contribution >= 0.6 is 63.8 Å². The van der Waals surface area contributed by atoms with Gasteiger partial charge in [-0.1, -0.05) is 19.6 Å². The molecule has 3 rings (SSSR count). The summed E-state index contributed by atoms with van der Waals surface area (Å²) in [7, 11) is 0. The van der Waals surface area contributed by atoms with E-state index in [1.54, 1.807) is 11.3 Å². The van der Waals surface area contributed by atoms with Crippen molar-refractivity contribution >= 4 is 74.8 Å². The normalized spacial score (nSPS) is 9.17. The Kier molecular flexibility index (Phi) is 7.32. The van der Waals surface area contributed by atoms with Gasteiger partial charge in [0.05, 0.1) is 15.5 Å². The molecule has 0 saturated carbocycles. The van der Waals surface area contributed by atoms with Gasteiger partial charge in [-0.2, -0.15) is 8.75 Å². The Labute approximate surface area is 135 Å². The van der Waals surface area contributed by atoms with Crippen molar-refractivity contribution in [3.8, 4) is 10.4 Å². The topological polar surface area (TPSA) is 25.8 Å². The first-order valence-corrected chi connectivity index (χ1v) is 6.65. The van der Waals surface area contributed by atoms with Gasteiger partial charge < -0.3 is 0 Å². The van der Waals surface area contributed by atoms with Crippen LogP contribution in [0, 0.1) is 0 Å². The molecule has 0 radical (unpaired) electrons. The fraction of sp³-hybridized carbons (Fsp3) is 0.0909. The van der Waals surface area contributed by atoms with Gasteiger partial charge in [0, 0.05) is 10.4 Å². The Morgan fingerprint density at radius 2 is 1.78 bits per heavy atom. The van der Waals surface area contributed by atoms with E-state index in [2.05, 4.69) is 42.9 Å². The first-order chi connectivity index (χ1) is 7.34. The van der Waals surface area contributed by atoms with E-state index in [1.165, 1.54) is 16.6 Å². The molecule has 0 fully saturated rings. The van der Waals surface area contributed by atoms with Gasteiger partial charge in [0.2, 0.25) is 0 Å². The number of hydrogen-bond acceptors (Lipinski definition) is 4. The van der Waals surface area contributed by atoms with Crippen LogP contribution < -0.4 is 0 Å². The second-order valence-electron chi connectivity index (χ2n) is 3.04. The molecule has 2 nitrogen and oxygen atoms in total. The van der Waals surface area contributed by atoms with Crippen molar-refractivity contribution in [3.63, 3.8) is 0 Å². The Bertz CT molecular complexity index is 624. The van der Waals surface area contributed by atoms with E-state index in [0.717, 1.165) is 20.4 Å². The van der Waals surface area contributed by atoms with Crippen LogP contribution in [0.3, 0.4) is 0 Å². The molecule has 0 amide bonds. The van der Waals surface area contributed by atoms with Gasteiger partial charge in [-0.15, -0.1) is 36.2 Å². The van der Waals surface area contributed by atoms with Crippen molar-refractivity contribution in [1.82, 2.24) is 8.75 Å². The van der Waals surface area contributed by atoms with Gasteiger partial charge in [0.25, 0.3) is 0 Å². The first kappa shape index (κ1) is 17.8. The number of rotatable bonds is 1. The minimum absolute atomic E-state index is 0. The van der Waals surface area contributed by atoms with Gasteiger partial charge >= 0.3 is 0 Å². The number of thiophene rings is 1. The predicted molar refractivity (Wildman–Crippen MR) is 89.7 cm³/mol. The summed E-state index contributed by atoms with van der Waals surface area (Å²) in [6, 6.07) is 10.3. The van der Waals surface area contributed by atoms with Crippen LogP contribution in [0.4, 0.5) is 0 Å². The third-order valence-corrected chi connectivity index (χ3v) is 4.32. The number of hydrogen-bond donors (Lipinski definition) is 0. The Hall–Kier alpha value is -0.200. The predicted octanol–water partition coefficient (Wildman–Crippen LogP) is 5.66. The molecule has 0 aliphatic rings. The van der Waals surface area contributed by atoms with E-state index < -0.39 is 0 Å². The largest absolute Gasteiger partial charge is 0.173 e. The van der Waals surface area contributed by atoms with Crippen LogP contribution in [0.25, 0.3) is 21.5 Å². The number of aromatic nitrogens is 2. The van der Waals surface area contributed by atoms with Gasteiger partial charge in [-0.05, 0) is 34.1 Å². The minimum atomic E-state index is 0. The summed E-state index contributed by atoms with van der Waals surface area (Å²) in [4.78, 5) is 1.22. The molecule has 1 aromatic carbocycles. The SMILES string of the molecule is Brc1ccc(-c2cccc3nsnc23)s1.C.Cl.Cl. The molecule has 2 aromatic heterocycles. The summed E-state index contributed by atoms with van der Waals surface area (Å²) in [5.74, 6) is 0. The summed E-state index contributed by atoms with van der Waals surface area (Å²) < 4.78 is 9.70. The molecule has 0 atom stereocenters. The number of benzene rings is 1. The Morgan fingerprint density at radius 1 is 1.00 bits per heavy atom. The first-order valence-electron chi connectivity index (χ1n) is 4.31. The second-order valence-corrected chi connectivity index (χ2v) is 6.03. The molecule has 3 aromatic rings. The molecule has 98 valence electrons. The van der Waals surface area contributed by atoms with Crippen molar-refractivity contribution in [2.24, 2.45) is 0 Å². The molecule has 0 aliphatic heterocycles. The maximum Gasteiger partial charge on any atom is 0.113 e. The highest BCUT2D eigenvalue weighted by atomic mass is 79.9. The third-order valence-electron chi connectivity index (χ3n) is 2.12. The molecular formula is C11H11BrCl2N2S2. The lowest BCUT2D eigenvalue weighted by molar-refractivity contribution is 1.64. The fourth-order valence-corrected chi connectivity index (χ4v) is 3.43. The average molecular weight is 386 g/mol. The van der Waals surface area contributed by atoms with E-state index in [1.807, 2.05) is 12.1 Å². The van der Waals surface area contributed by atoms with Crippen LogP contribution in [0.1, 0.15) is 7.43 Å². The monoisotopic (exact) mass is 384 g/mol.